The van der Waals surface area contributed by atoms with Gasteiger partial charge in [-0.25, -0.2) is 0 Å². The van der Waals surface area contributed by atoms with E-state index in [4.69, 9.17) is 0 Å². The van der Waals surface area contributed by atoms with Crippen molar-refractivity contribution < 1.29 is 5.11 Å². The molecule has 0 amide bonds. The van der Waals surface area contributed by atoms with Gasteiger partial charge in [-0.3, -0.25) is 0 Å². The summed E-state index contributed by atoms with van der Waals surface area (Å²) in [6, 6.07) is 35.4. The summed E-state index contributed by atoms with van der Waals surface area (Å²) < 4.78 is 0. The van der Waals surface area contributed by atoms with Crippen molar-refractivity contribution in [2.24, 2.45) is 0 Å². The first-order valence-electron chi connectivity index (χ1n) is 10.1. The van der Waals surface area contributed by atoms with Gasteiger partial charge in [-0.05, 0) is 51.3 Å². The quantitative estimate of drug-likeness (QED) is 0.388. The van der Waals surface area contributed by atoms with Gasteiger partial charge in [-0.15, -0.1) is 0 Å². The lowest BCUT2D eigenvalue weighted by molar-refractivity contribution is 0.451. The van der Waals surface area contributed by atoms with Crippen LogP contribution in [-0.4, -0.2) is 5.11 Å². The van der Waals surface area contributed by atoms with Gasteiger partial charge in [0.1, 0.15) is 5.75 Å². The van der Waals surface area contributed by atoms with E-state index in [0.717, 1.165) is 12.0 Å². The second kappa shape index (κ2) is 7.97. The largest absolute Gasteiger partial charge is 0.508 e. The van der Waals surface area contributed by atoms with Gasteiger partial charge in [0.05, 0.1) is 0 Å². The van der Waals surface area contributed by atoms with Gasteiger partial charge in [-0.1, -0.05) is 111 Å². The normalized spacial score (nSPS) is 11.4. The average Bonchev–Trinajstić information content (AvgIpc) is 2.76. The minimum absolute atomic E-state index is 0.158. The predicted molar refractivity (Wildman–Crippen MR) is 122 cm³/mol. The molecule has 0 unspecified atom stereocenters. The summed E-state index contributed by atoms with van der Waals surface area (Å²) in [6.07, 6.45) is 0.762. The highest BCUT2D eigenvalue weighted by molar-refractivity contribution is 5.86. The Balaban J connectivity index is 1.90. The molecule has 0 aliphatic heterocycles. The van der Waals surface area contributed by atoms with Crippen LogP contribution < -0.4 is 0 Å². The molecule has 0 heterocycles. The maximum absolute atomic E-state index is 10.3. The Morgan fingerprint density at radius 2 is 1.21 bits per heavy atom. The fraction of sp³-hybridized carbons (Fsp3) is 0.143. The summed E-state index contributed by atoms with van der Waals surface area (Å²) in [5, 5.41) is 10.3. The number of benzene rings is 4. The molecule has 144 valence electrons. The molecule has 0 atom stereocenters. The molecule has 0 bridgehead atoms. The Bertz CT molecular complexity index is 1100. The van der Waals surface area contributed by atoms with E-state index >= 15 is 0 Å². The monoisotopic (exact) mass is 378 g/mol. The van der Waals surface area contributed by atoms with Crippen molar-refractivity contribution >= 4 is 0 Å². The van der Waals surface area contributed by atoms with E-state index in [0.29, 0.717) is 5.75 Å². The molecular formula is C28H26O. The van der Waals surface area contributed by atoms with Crippen LogP contribution in [0.1, 0.15) is 25.0 Å². The molecule has 0 radical (unpaired) electrons. The first-order chi connectivity index (χ1) is 14.1. The third-order valence-corrected chi connectivity index (χ3v) is 5.56. The summed E-state index contributed by atoms with van der Waals surface area (Å²) >= 11 is 0. The van der Waals surface area contributed by atoms with Crippen LogP contribution in [0, 0.1) is 0 Å². The Morgan fingerprint density at radius 3 is 1.86 bits per heavy atom. The summed E-state index contributed by atoms with van der Waals surface area (Å²) in [7, 11) is 0. The Kier molecular flexibility index (Phi) is 5.22. The highest BCUT2D eigenvalue weighted by Crippen LogP contribution is 2.42. The fourth-order valence-corrected chi connectivity index (χ4v) is 4.12. The number of phenolic OH excluding ortho intramolecular Hbond substituents is 1. The Labute approximate surface area is 173 Å². The number of para-hydroxylation sites is 1. The number of hydrogen-bond donors (Lipinski definition) is 1. The number of hydrogen-bond acceptors (Lipinski definition) is 1. The van der Waals surface area contributed by atoms with Crippen molar-refractivity contribution in [3.05, 3.63) is 114 Å². The van der Waals surface area contributed by atoms with Crippen molar-refractivity contribution in [3.63, 3.8) is 0 Å². The van der Waals surface area contributed by atoms with Gasteiger partial charge in [0.25, 0.3) is 0 Å². The molecular weight excluding hydrogens is 352 g/mol. The van der Waals surface area contributed by atoms with Crippen LogP contribution in [0.15, 0.2) is 103 Å². The first kappa shape index (κ1) is 19.0. The van der Waals surface area contributed by atoms with Crippen LogP contribution in [0.3, 0.4) is 0 Å². The SMILES string of the molecule is CC(C)(Cc1ccccc1O)c1cccc(-c2ccccc2)c1-c1ccccc1. The maximum atomic E-state index is 10.3. The molecule has 0 saturated carbocycles. The number of aromatic hydroxyl groups is 1. The number of phenols is 1. The van der Waals surface area contributed by atoms with E-state index in [-0.39, 0.29) is 5.41 Å². The Morgan fingerprint density at radius 1 is 0.621 bits per heavy atom. The summed E-state index contributed by atoms with van der Waals surface area (Å²) in [5.74, 6) is 0.362. The van der Waals surface area contributed by atoms with Crippen LogP contribution in [-0.2, 0) is 11.8 Å². The van der Waals surface area contributed by atoms with Gasteiger partial charge in [0, 0.05) is 0 Å². The summed E-state index contributed by atoms with van der Waals surface area (Å²) in [5.41, 5.74) is 7.03. The fourth-order valence-electron chi connectivity index (χ4n) is 4.12. The van der Waals surface area contributed by atoms with Crippen molar-refractivity contribution in [3.8, 4) is 28.0 Å². The van der Waals surface area contributed by atoms with Crippen LogP contribution in [0.2, 0.25) is 0 Å². The van der Waals surface area contributed by atoms with Crippen LogP contribution >= 0.6 is 0 Å². The lowest BCUT2D eigenvalue weighted by Crippen LogP contribution is -2.22. The van der Waals surface area contributed by atoms with Crippen LogP contribution in [0.25, 0.3) is 22.3 Å². The highest BCUT2D eigenvalue weighted by Gasteiger charge is 2.27. The molecule has 0 aliphatic rings. The molecule has 0 spiro atoms. The smallest absolute Gasteiger partial charge is 0.118 e. The van der Waals surface area contributed by atoms with E-state index in [9.17, 15) is 5.11 Å². The standard InChI is InChI=1S/C28H26O/c1-28(2,20-23-16-9-10-19-26(23)29)25-18-11-17-24(21-12-5-3-6-13-21)27(25)22-14-7-4-8-15-22/h3-19,29H,20H2,1-2H3. The molecule has 0 fully saturated rings. The van der Waals surface area contributed by atoms with Gasteiger partial charge >= 0.3 is 0 Å². The molecule has 0 aromatic heterocycles. The molecule has 1 N–H and O–H groups in total. The maximum Gasteiger partial charge on any atom is 0.118 e. The third-order valence-electron chi connectivity index (χ3n) is 5.56. The van der Waals surface area contributed by atoms with Crippen molar-refractivity contribution in [2.45, 2.75) is 25.7 Å². The third kappa shape index (κ3) is 3.95. The number of rotatable bonds is 5. The van der Waals surface area contributed by atoms with E-state index < -0.39 is 0 Å². The molecule has 0 aliphatic carbocycles. The minimum atomic E-state index is -0.158. The molecule has 1 heteroatoms. The lowest BCUT2D eigenvalue weighted by Gasteiger charge is -2.30. The van der Waals surface area contributed by atoms with Gasteiger partial charge in [0.15, 0.2) is 0 Å². The lowest BCUT2D eigenvalue weighted by atomic mass is 9.74. The van der Waals surface area contributed by atoms with E-state index in [1.54, 1.807) is 6.07 Å². The van der Waals surface area contributed by atoms with Gasteiger partial charge in [-0.2, -0.15) is 0 Å². The molecule has 4 aromatic rings. The van der Waals surface area contributed by atoms with Crippen LogP contribution in [0.4, 0.5) is 0 Å². The summed E-state index contributed by atoms with van der Waals surface area (Å²) in [6.45, 7) is 4.52. The van der Waals surface area contributed by atoms with E-state index in [1.165, 1.54) is 27.8 Å². The molecule has 4 aromatic carbocycles. The highest BCUT2D eigenvalue weighted by atomic mass is 16.3. The van der Waals surface area contributed by atoms with Crippen molar-refractivity contribution in [1.82, 2.24) is 0 Å². The average molecular weight is 379 g/mol. The van der Waals surface area contributed by atoms with Gasteiger partial charge in [0.2, 0.25) is 0 Å². The van der Waals surface area contributed by atoms with Crippen molar-refractivity contribution in [2.75, 3.05) is 0 Å². The zero-order valence-corrected chi connectivity index (χ0v) is 17.0. The molecule has 4 rings (SSSR count). The first-order valence-corrected chi connectivity index (χ1v) is 10.1. The zero-order valence-electron chi connectivity index (χ0n) is 17.0. The minimum Gasteiger partial charge on any atom is -0.508 e. The van der Waals surface area contributed by atoms with Gasteiger partial charge < -0.3 is 5.11 Å². The molecule has 0 saturated heterocycles. The second-order valence-electron chi connectivity index (χ2n) is 8.15. The molecule has 1 nitrogen and oxygen atoms in total. The topological polar surface area (TPSA) is 20.2 Å². The van der Waals surface area contributed by atoms with E-state index in [2.05, 4.69) is 92.7 Å². The summed E-state index contributed by atoms with van der Waals surface area (Å²) in [4.78, 5) is 0. The van der Waals surface area contributed by atoms with Crippen molar-refractivity contribution in [1.29, 1.82) is 0 Å². The second-order valence-corrected chi connectivity index (χ2v) is 8.15. The Hall–Kier alpha value is -3.32. The predicted octanol–water partition coefficient (Wildman–Crippen LogP) is 7.25. The molecule has 29 heavy (non-hydrogen) atoms. The van der Waals surface area contributed by atoms with E-state index in [1.807, 2.05) is 18.2 Å². The zero-order chi connectivity index (χ0) is 20.3. The van der Waals surface area contributed by atoms with Crippen LogP contribution in [0.5, 0.6) is 5.75 Å².